The van der Waals surface area contributed by atoms with Gasteiger partial charge in [0.05, 0.1) is 7.11 Å². The van der Waals surface area contributed by atoms with Crippen LogP contribution in [-0.2, 0) is 6.54 Å². The van der Waals surface area contributed by atoms with Crippen LogP contribution in [0.4, 0.5) is 4.39 Å². The van der Waals surface area contributed by atoms with Crippen molar-refractivity contribution in [2.75, 3.05) is 26.7 Å². The molecule has 1 N–H and O–H groups in total. The summed E-state index contributed by atoms with van der Waals surface area (Å²) in [5.74, 6) is 0.105. The first-order valence-corrected chi connectivity index (χ1v) is 7.01. The number of benzene rings is 1. The number of methoxy groups -OCH3 is 1. The largest absolute Gasteiger partial charge is 0.494 e. The molecule has 1 heterocycles. The monoisotopic (exact) mass is 266 g/mol. The van der Waals surface area contributed by atoms with Gasteiger partial charge in [0.15, 0.2) is 11.6 Å². The van der Waals surface area contributed by atoms with E-state index in [-0.39, 0.29) is 5.82 Å². The predicted molar refractivity (Wildman–Crippen MR) is 74.9 cm³/mol. The lowest BCUT2D eigenvalue weighted by molar-refractivity contribution is 0.184. The van der Waals surface area contributed by atoms with Gasteiger partial charge in [-0.3, -0.25) is 4.90 Å². The van der Waals surface area contributed by atoms with E-state index in [9.17, 15) is 4.39 Å². The molecule has 1 fully saturated rings. The minimum absolute atomic E-state index is 0.226. The maximum Gasteiger partial charge on any atom is 0.169 e. The zero-order chi connectivity index (χ0) is 13.7. The lowest BCUT2D eigenvalue weighted by Gasteiger charge is -2.33. The molecule has 1 aromatic carbocycles. The van der Waals surface area contributed by atoms with Gasteiger partial charge in [-0.15, -0.1) is 0 Å². The Hall–Kier alpha value is -1.13. The van der Waals surface area contributed by atoms with Gasteiger partial charge in [0, 0.05) is 37.8 Å². The minimum atomic E-state index is -0.226. The van der Waals surface area contributed by atoms with E-state index in [1.807, 2.05) is 12.1 Å². The van der Waals surface area contributed by atoms with Gasteiger partial charge in [-0.2, -0.15) is 0 Å². The van der Waals surface area contributed by atoms with Crippen LogP contribution < -0.4 is 10.1 Å². The normalized spacial score (nSPS) is 20.5. The summed E-state index contributed by atoms with van der Waals surface area (Å²) in [6.07, 6.45) is 2.36. The van der Waals surface area contributed by atoms with Crippen molar-refractivity contribution in [3.63, 3.8) is 0 Å². The highest BCUT2D eigenvalue weighted by Crippen LogP contribution is 2.21. The van der Waals surface area contributed by atoms with Crippen molar-refractivity contribution in [2.24, 2.45) is 0 Å². The highest BCUT2D eigenvalue weighted by Gasteiger charge is 2.20. The Bertz CT molecular complexity index is 409. The van der Waals surface area contributed by atoms with Gasteiger partial charge in [0.25, 0.3) is 0 Å². The first-order valence-electron chi connectivity index (χ1n) is 7.01. The fraction of sp³-hybridized carbons (Fsp3) is 0.600. The molecular weight excluding hydrogens is 243 g/mol. The van der Waals surface area contributed by atoms with Gasteiger partial charge in [0.1, 0.15) is 0 Å². The van der Waals surface area contributed by atoms with Crippen LogP contribution in [0.2, 0.25) is 0 Å². The maximum absolute atomic E-state index is 14.1. The molecule has 3 nitrogen and oxygen atoms in total. The molecule has 1 unspecified atom stereocenters. The summed E-state index contributed by atoms with van der Waals surface area (Å²) in [5.41, 5.74) is 0.719. The Balaban J connectivity index is 2.00. The van der Waals surface area contributed by atoms with Crippen molar-refractivity contribution in [1.82, 2.24) is 10.2 Å². The summed E-state index contributed by atoms with van der Waals surface area (Å²) in [6, 6.07) is 5.89. The van der Waals surface area contributed by atoms with E-state index in [0.717, 1.165) is 25.2 Å². The zero-order valence-corrected chi connectivity index (χ0v) is 11.8. The SMILES string of the molecule is CCCC1CN(Cc2cccc(OC)c2F)CCN1. The molecule has 106 valence electrons. The zero-order valence-electron chi connectivity index (χ0n) is 11.8. The lowest BCUT2D eigenvalue weighted by atomic mass is 10.1. The van der Waals surface area contributed by atoms with E-state index in [1.165, 1.54) is 20.0 Å². The van der Waals surface area contributed by atoms with Crippen molar-refractivity contribution in [2.45, 2.75) is 32.4 Å². The number of ether oxygens (including phenoxy) is 1. The van der Waals surface area contributed by atoms with E-state index < -0.39 is 0 Å². The first kappa shape index (κ1) is 14.3. The summed E-state index contributed by atoms with van der Waals surface area (Å²) in [5, 5.41) is 3.51. The van der Waals surface area contributed by atoms with Crippen LogP contribution in [0.5, 0.6) is 5.75 Å². The molecular formula is C15H23FN2O. The fourth-order valence-electron chi connectivity index (χ4n) is 2.66. The maximum atomic E-state index is 14.1. The van der Waals surface area contributed by atoms with E-state index in [4.69, 9.17) is 4.74 Å². The summed E-state index contributed by atoms with van der Waals surface area (Å²) >= 11 is 0. The molecule has 0 radical (unpaired) electrons. The Morgan fingerprint density at radius 1 is 1.47 bits per heavy atom. The molecule has 0 aromatic heterocycles. The third kappa shape index (κ3) is 3.67. The average molecular weight is 266 g/mol. The molecule has 0 spiro atoms. The molecule has 4 heteroatoms. The van der Waals surface area contributed by atoms with Gasteiger partial charge in [-0.25, -0.2) is 4.39 Å². The summed E-state index contributed by atoms with van der Waals surface area (Å²) in [6.45, 7) is 5.80. The van der Waals surface area contributed by atoms with Crippen LogP contribution in [0, 0.1) is 5.82 Å². The molecule has 1 saturated heterocycles. The number of piperazine rings is 1. The Labute approximate surface area is 114 Å². The van der Waals surface area contributed by atoms with Gasteiger partial charge in [-0.05, 0) is 12.5 Å². The Morgan fingerprint density at radius 2 is 2.32 bits per heavy atom. The van der Waals surface area contributed by atoms with Crippen LogP contribution in [0.25, 0.3) is 0 Å². The number of halogens is 1. The Morgan fingerprint density at radius 3 is 3.05 bits per heavy atom. The van der Waals surface area contributed by atoms with Gasteiger partial charge in [-0.1, -0.05) is 25.5 Å². The summed E-state index contributed by atoms with van der Waals surface area (Å²) in [7, 11) is 1.50. The molecule has 1 aliphatic heterocycles. The molecule has 1 atom stereocenters. The van der Waals surface area contributed by atoms with Crippen molar-refractivity contribution >= 4 is 0 Å². The number of hydrogen-bond donors (Lipinski definition) is 1. The molecule has 1 aliphatic rings. The van der Waals surface area contributed by atoms with E-state index >= 15 is 0 Å². The third-order valence-corrected chi connectivity index (χ3v) is 3.63. The predicted octanol–water partition coefficient (Wildman–Crippen LogP) is 2.41. The fourth-order valence-corrected chi connectivity index (χ4v) is 2.66. The van der Waals surface area contributed by atoms with Gasteiger partial charge >= 0.3 is 0 Å². The molecule has 0 amide bonds. The second kappa shape index (κ2) is 6.87. The molecule has 0 aliphatic carbocycles. The number of nitrogens with one attached hydrogen (secondary N) is 1. The third-order valence-electron chi connectivity index (χ3n) is 3.63. The summed E-state index contributed by atoms with van der Waals surface area (Å²) < 4.78 is 19.1. The molecule has 2 rings (SSSR count). The Kier molecular flexibility index (Phi) is 5.16. The standard InChI is InChI=1S/C15H23FN2O/c1-3-5-13-11-18(9-8-17-13)10-12-6-4-7-14(19-2)15(12)16/h4,6-7,13,17H,3,5,8-11H2,1-2H3. The molecule has 1 aromatic rings. The second-order valence-corrected chi connectivity index (χ2v) is 5.11. The molecule has 0 saturated carbocycles. The van der Waals surface area contributed by atoms with Crippen molar-refractivity contribution in [1.29, 1.82) is 0 Å². The summed E-state index contributed by atoms with van der Waals surface area (Å²) in [4.78, 5) is 2.31. The van der Waals surface area contributed by atoms with Crippen LogP contribution in [-0.4, -0.2) is 37.7 Å². The topological polar surface area (TPSA) is 24.5 Å². The minimum Gasteiger partial charge on any atom is -0.494 e. The molecule has 0 bridgehead atoms. The second-order valence-electron chi connectivity index (χ2n) is 5.11. The van der Waals surface area contributed by atoms with Crippen molar-refractivity contribution < 1.29 is 9.13 Å². The number of hydrogen-bond acceptors (Lipinski definition) is 3. The van der Waals surface area contributed by atoms with Crippen LogP contribution >= 0.6 is 0 Å². The van der Waals surface area contributed by atoms with Crippen LogP contribution in [0.15, 0.2) is 18.2 Å². The van der Waals surface area contributed by atoms with E-state index in [1.54, 1.807) is 6.07 Å². The molecule has 19 heavy (non-hydrogen) atoms. The lowest BCUT2D eigenvalue weighted by Crippen LogP contribution is -2.50. The number of rotatable bonds is 5. The van der Waals surface area contributed by atoms with Gasteiger partial charge < -0.3 is 10.1 Å². The van der Waals surface area contributed by atoms with Crippen molar-refractivity contribution in [3.8, 4) is 5.75 Å². The van der Waals surface area contributed by atoms with E-state index in [2.05, 4.69) is 17.1 Å². The highest BCUT2D eigenvalue weighted by molar-refractivity contribution is 5.31. The van der Waals surface area contributed by atoms with Crippen LogP contribution in [0.3, 0.4) is 0 Å². The first-order chi connectivity index (χ1) is 9.24. The number of nitrogens with zero attached hydrogens (tertiary/aromatic N) is 1. The van der Waals surface area contributed by atoms with Crippen LogP contribution in [0.1, 0.15) is 25.3 Å². The highest BCUT2D eigenvalue weighted by atomic mass is 19.1. The average Bonchev–Trinajstić information content (AvgIpc) is 2.42. The van der Waals surface area contributed by atoms with E-state index in [0.29, 0.717) is 18.3 Å². The quantitative estimate of drug-likeness (QED) is 0.885. The van der Waals surface area contributed by atoms with Gasteiger partial charge in [0.2, 0.25) is 0 Å². The smallest absolute Gasteiger partial charge is 0.169 e. The van der Waals surface area contributed by atoms with Crippen molar-refractivity contribution in [3.05, 3.63) is 29.6 Å².